The minimum absolute atomic E-state index is 0.0669. The standard InChI is InChI=1S/C25H20F3NO7/c1-13-7-9-19(35-13)21-20(22(30)17-12-15(33-2)8-10-18(17)34-3)23(31)24(32)29(21)14-5-4-6-16(11-14)36-25(26,27)28/h4-12,21,30H,1-3H3/b22-20-. The average molecular weight is 503 g/mol. The maximum absolute atomic E-state index is 13.2. The summed E-state index contributed by atoms with van der Waals surface area (Å²) in [6.45, 7) is 1.64. The van der Waals surface area contributed by atoms with Crippen LogP contribution in [0.2, 0.25) is 0 Å². The Morgan fingerprint density at radius 3 is 2.36 bits per heavy atom. The van der Waals surface area contributed by atoms with Crippen LogP contribution in [0.15, 0.2) is 64.6 Å². The predicted molar refractivity (Wildman–Crippen MR) is 121 cm³/mol. The maximum Gasteiger partial charge on any atom is 0.573 e. The van der Waals surface area contributed by atoms with E-state index in [-0.39, 0.29) is 28.3 Å². The number of hydrogen-bond donors (Lipinski definition) is 1. The number of aliphatic hydroxyl groups excluding tert-OH is 1. The van der Waals surface area contributed by atoms with Crippen molar-refractivity contribution in [1.82, 2.24) is 0 Å². The first-order valence-electron chi connectivity index (χ1n) is 10.5. The van der Waals surface area contributed by atoms with Gasteiger partial charge in [-0.05, 0) is 49.4 Å². The molecule has 188 valence electrons. The molecule has 2 heterocycles. The Balaban J connectivity index is 1.93. The van der Waals surface area contributed by atoms with Crippen molar-refractivity contribution >= 4 is 23.1 Å². The van der Waals surface area contributed by atoms with Crippen molar-refractivity contribution in [2.75, 3.05) is 19.1 Å². The number of carbonyl (C=O) groups is 2. The van der Waals surface area contributed by atoms with Gasteiger partial charge in [0.2, 0.25) is 0 Å². The summed E-state index contributed by atoms with van der Waals surface area (Å²) in [5.41, 5.74) is -0.352. The molecule has 1 aromatic heterocycles. The molecule has 2 aromatic carbocycles. The summed E-state index contributed by atoms with van der Waals surface area (Å²) in [5.74, 6) is -2.23. The summed E-state index contributed by atoms with van der Waals surface area (Å²) >= 11 is 0. The Labute approximate surface area is 203 Å². The Morgan fingerprint density at radius 2 is 1.75 bits per heavy atom. The summed E-state index contributed by atoms with van der Waals surface area (Å²) in [6.07, 6.45) is -4.97. The van der Waals surface area contributed by atoms with E-state index in [4.69, 9.17) is 13.9 Å². The lowest BCUT2D eigenvalue weighted by Crippen LogP contribution is -2.29. The van der Waals surface area contributed by atoms with Gasteiger partial charge in [-0.25, -0.2) is 0 Å². The number of ether oxygens (including phenoxy) is 3. The zero-order chi connectivity index (χ0) is 26.2. The molecule has 0 aliphatic carbocycles. The first-order chi connectivity index (χ1) is 17.0. The molecular weight excluding hydrogens is 483 g/mol. The third-order valence-electron chi connectivity index (χ3n) is 5.47. The molecule has 0 radical (unpaired) electrons. The topological polar surface area (TPSA) is 98.4 Å². The van der Waals surface area contributed by atoms with Crippen LogP contribution in [0.5, 0.6) is 17.2 Å². The summed E-state index contributed by atoms with van der Waals surface area (Å²) in [7, 11) is 2.77. The van der Waals surface area contributed by atoms with Crippen LogP contribution in [0.3, 0.4) is 0 Å². The molecule has 1 N–H and O–H groups in total. The molecule has 11 heteroatoms. The number of benzene rings is 2. The van der Waals surface area contributed by atoms with E-state index in [1.807, 2.05) is 0 Å². The molecule has 1 saturated heterocycles. The molecule has 36 heavy (non-hydrogen) atoms. The number of Topliss-reactive ketones (excluding diaryl/α,β-unsaturated/α-hetero) is 1. The number of nitrogens with zero attached hydrogens (tertiary/aromatic N) is 1. The second-order valence-electron chi connectivity index (χ2n) is 7.73. The van der Waals surface area contributed by atoms with E-state index in [0.29, 0.717) is 11.5 Å². The molecule has 4 rings (SSSR count). The van der Waals surface area contributed by atoms with Gasteiger partial charge in [0.05, 0.1) is 25.4 Å². The van der Waals surface area contributed by atoms with Crippen molar-refractivity contribution in [3.8, 4) is 17.2 Å². The van der Waals surface area contributed by atoms with E-state index in [2.05, 4.69) is 4.74 Å². The molecule has 0 spiro atoms. The quantitative estimate of drug-likeness (QED) is 0.283. The van der Waals surface area contributed by atoms with Gasteiger partial charge < -0.3 is 23.7 Å². The van der Waals surface area contributed by atoms with Crippen LogP contribution >= 0.6 is 0 Å². The number of furan rings is 1. The number of alkyl halides is 3. The number of aliphatic hydroxyl groups is 1. The summed E-state index contributed by atoms with van der Waals surface area (Å²) in [4.78, 5) is 27.4. The van der Waals surface area contributed by atoms with Crippen LogP contribution < -0.4 is 19.1 Å². The lowest BCUT2D eigenvalue weighted by atomic mass is 9.98. The number of amides is 1. The number of carbonyl (C=O) groups excluding carboxylic acids is 2. The van der Waals surface area contributed by atoms with E-state index in [9.17, 15) is 27.9 Å². The van der Waals surface area contributed by atoms with Gasteiger partial charge in [-0.2, -0.15) is 0 Å². The highest BCUT2D eigenvalue weighted by Gasteiger charge is 2.49. The molecule has 0 saturated carbocycles. The highest BCUT2D eigenvalue weighted by atomic mass is 19.4. The fourth-order valence-electron chi connectivity index (χ4n) is 3.94. The molecule has 0 bridgehead atoms. The SMILES string of the molecule is COc1ccc(OC)c(/C(O)=C2/C(=O)C(=O)N(c3cccc(OC(F)(F)F)c3)C2c2ccc(C)o2)c1. The molecule has 1 aliphatic rings. The Bertz CT molecular complexity index is 1360. The fraction of sp³-hybridized carbons (Fsp3) is 0.200. The monoisotopic (exact) mass is 503 g/mol. The molecule has 1 fully saturated rings. The van der Waals surface area contributed by atoms with Gasteiger partial charge in [0.1, 0.15) is 40.6 Å². The number of rotatable bonds is 6. The van der Waals surface area contributed by atoms with Gasteiger partial charge in [-0.1, -0.05) is 6.07 Å². The van der Waals surface area contributed by atoms with E-state index in [1.54, 1.807) is 19.1 Å². The van der Waals surface area contributed by atoms with Crippen LogP contribution in [0.1, 0.15) is 23.1 Å². The normalized spacial score (nSPS) is 17.4. The van der Waals surface area contributed by atoms with Crippen molar-refractivity contribution in [2.24, 2.45) is 0 Å². The molecule has 8 nitrogen and oxygen atoms in total. The van der Waals surface area contributed by atoms with Gasteiger partial charge in [0, 0.05) is 11.8 Å². The number of halogens is 3. The lowest BCUT2D eigenvalue weighted by Gasteiger charge is -2.24. The van der Waals surface area contributed by atoms with Crippen molar-refractivity contribution in [2.45, 2.75) is 19.3 Å². The molecule has 1 amide bonds. The Morgan fingerprint density at radius 1 is 1.00 bits per heavy atom. The third-order valence-corrected chi connectivity index (χ3v) is 5.47. The van der Waals surface area contributed by atoms with Gasteiger partial charge in [0.25, 0.3) is 11.7 Å². The van der Waals surface area contributed by atoms with E-state index < -0.39 is 35.6 Å². The zero-order valence-corrected chi connectivity index (χ0v) is 19.3. The molecule has 3 aromatic rings. The van der Waals surface area contributed by atoms with E-state index in [0.717, 1.165) is 17.0 Å². The number of hydrogen-bond acceptors (Lipinski definition) is 7. The highest BCUT2D eigenvalue weighted by molar-refractivity contribution is 6.51. The minimum atomic E-state index is -4.97. The Kier molecular flexibility index (Phi) is 6.40. The van der Waals surface area contributed by atoms with Crippen LogP contribution in [0.25, 0.3) is 5.76 Å². The maximum atomic E-state index is 13.2. The number of ketones is 1. The lowest BCUT2D eigenvalue weighted by molar-refractivity contribution is -0.274. The van der Waals surface area contributed by atoms with Gasteiger partial charge in [-0.3, -0.25) is 14.5 Å². The molecule has 1 unspecified atom stereocenters. The largest absolute Gasteiger partial charge is 0.573 e. The first kappa shape index (κ1) is 24.7. The minimum Gasteiger partial charge on any atom is -0.507 e. The molecular formula is C25H20F3NO7. The van der Waals surface area contributed by atoms with Crippen molar-refractivity contribution in [1.29, 1.82) is 0 Å². The summed E-state index contributed by atoms with van der Waals surface area (Å²) in [5, 5.41) is 11.3. The number of anilines is 1. The number of aryl methyl sites for hydroxylation is 1. The van der Waals surface area contributed by atoms with Crippen molar-refractivity contribution in [3.05, 3.63) is 77.3 Å². The Hall–Kier alpha value is -4.41. The summed E-state index contributed by atoms with van der Waals surface area (Å²) < 4.78 is 58.5. The second kappa shape index (κ2) is 9.33. The van der Waals surface area contributed by atoms with Crippen LogP contribution in [-0.4, -0.2) is 37.4 Å². The molecule has 1 aliphatic heterocycles. The van der Waals surface area contributed by atoms with Crippen LogP contribution in [-0.2, 0) is 9.59 Å². The number of methoxy groups -OCH3 is 2. The first-order valence-corrected chi connectivity index (χ1v) is 10.5. The van der Waals surface area contributed by atoms with E-state index in [1.165, 1.54) is 44.6 Å². The van der Waals surface area contributed by atoms with Gasteiger partial charge in [-0.15, -0.1) is 13.2 Å². The van der Waals surface area contributed by atoms with Gasteiger partial charge >= 0.3 is 6.36 Å². The zero-order valence-electron chi connectivity index (χ0n) is 19.3. The second-order valence-corrected chi connectivity index (χ2v) is 7.73. The van der Waals surface area contributed by atoms with Crippen molar-refractivity contribution < 1.29 is 46.5 Å². The summed E-state index contributed by atoms with van der Waals surface area (Å²) in [6, 6.07) is 10.9. The van der Waals surface area contributed by atoms with Gasteiger partial charge in [0.15, 0.2) is 0 Å². The predicted octanol–water partition coefficient (Wildman–Crippen LogP) is 5.13. The highest BCUT2D eigenvalue weighted by Crippen LogP contribution is 2.44. The third kappa shape index (κ3) is 4.59. The molecule has 1 atom stereocenters. The van der Waals surface area contributed by atoms with E-state index >= 15 is 0 Å². The fourth-order valence-corrected chi connectivity index (χ4v) is 3.94. The average Bonchev–Trinajstić information content (AvgIpc) is 3.37. The smallest absolute Gasteiger partial charge is 0.507 e. The van der Waals surface area contributed by atoms with Crippen LogP contribution in [0.4, 0.5) is 18.9 Å². The van der Waals surface area contributed by atoms with Crippen molar-refractivity contribution in [3.63, 3.8) is 0 Å². The van der Waals surface area contributed by atoms with Crippen LogP contribution in [0, 0.1) is 6.92 Å².